The van der Waals surface area contributed by atoms with Crippen LogP contribution in [0.15, 0.2) is 60.7 Å². The third-order valence-corrected chi connectivity index (χ3v) is 2.73. The average Bonchev–Trinajstić information content (AvgIpc) is 2.40. The monoisotopic (exact) mass is 237 g/mol. The Kier molecular flexibility index (Phi) is 3.58. The van der Waals surface area contributed by atoms with Crippen molar-refractivity contribution in [2.45, 2.75) is 6.92 Å². The second kappa shape index (κ2) is 5.32. The van der Waals surface area contributed by atoms with Gasteiger partial charge in [-0.2, -0.15) is 0 Å². The molecule has 0 aliphatic heterocycles. The van der Waals surface area contributed by atoms with Gasteiger partial charge in [0.05, 0.1) is 0 Å². The lowest BCUT2D eigenvalue weighted by atomic mass is 10.1. The Labute approximate surface area is 107 Å². The number of carbonyl (C=O) groups is 1. The molecule has 0 bridgehead atoms. The Bertz CT molecular complexity index is 568. The summed E-state index contributed by atoms with van der Waals surface area (Å²) in [6.45, 7) is 2.01. The van der Waals surface area contributed by atoms with Crippen molar-refractivity contribution in [3.63, 3.8) is 0 Å². The first-order valence-electron chi connectivity index (χ1n) is 5.80. The van der Waals surface area contributed by atoms with E-state index in [4.69, 9.17) is 5.73 Å². The molecule has 0 spiro atoms. The van der Waals surface area contributed by atoms with Crippen molar-refractivity contribution in [2.75, 3.05) is 0 Å². The maximum atomic E-state index is 11.9. The largest absolute Gasteiger partial charge is 0.398 e. The van der Waals surface area contributed by atoms with Gasteiger partial charge < -0.3 is 5.73 Å². The second-order valence-corrected chi connectivity index (χ2v) is 4.20. The second-order valence-electron chi connectivity index (χ2n) is 4.20. The van der Waals surface area contributed by atoms with Crippen molar-refractivity contribution in [3.8, 4) is 0 Å². The fourth-order valence-electron chi connectivity index (χ4n) is 1.66. The lowest BCUT2D eigenvalue weighted by molar-refractivity contribution is 0.104. The molecule has 90 valence electrons. The molecule has 2 aromatic rings. The van der Waals surface area contributed by atoms with E-state index < -0.39 is 0 Å². The minimum Gasteiger partial charge on any atom is -0.398 e. The first-order chi connectivity index (χ1) is 8.66. The van der Waals surface area contributed by atoms with Crippen LogP contribution in [0.1, 0.15) is 21.5 Å². The van der Waals surface area contributed by atoms with Crippen molar-refractivity contribution in [1.82, 2.24) is 0 Å². The predicted octanol–water partition coefficient (Wildman–Crippen LogP) is 3.18. The zero-order valence-corrected chi connectivity index (χ0v) is 10.3. The molecule has 0 atom stereocenters. The standard InChI is InChI=1S/C16H15NO/c1-12-7-9-13(10-8-12)15(17)11-16(18)14-5-3-2-4-6-14/h2-11H,17H2,1H3/b15-11+. The summed E-state index contributed by atoms with van der Waals surface area (Å²) in [5.74, 6) is -0.0753. The van der Waals surface area contributed by atoms with Crippen LogP contribution in [-0.2, 0) is 0 Å². The van der Waals surface area contributed by atoms with Gasteiger partial charge in [0, 0.05) is 17.3 Å². The maximum absolute atomic E-state index is 11.9. The minimum atomic E-state index is -0.0753. The third kappa shape index (κ3) is 2.86. The lowest BCUT2D eigenvalue weighted by Crippen LogP contribution is -2.02. The number of allylic oxidation sites excluding steroid dienone is 1. The van der Waals surface area contributed by atoms with Crippen molar-refractivity contribution in [3.05, 3.63) is 77.4 Å². The molecule has 2 aromatic carbocycles. The van der Waals surface area contributed by atoms with Gasteiger partial charge in [-0.05, 0) is 12.5 Å². The Morgan fingerprint density at radius 2 is 1.56 bits per heavy atom. The van der Waals surface area contributed by atoms with Gasteiger partial charge in [0.2, 0.25) is 0 Å². The highest BCUT2D eigenvalue weighted by Gasteiger charge is 2.03. The molecule has 0 heterocycles. The van der Waals surface area contributed by atoms with Gasteiger partial charge in [0.25, 0.3) is 0 Å². The van der Waals surface area contributed by atoms with E-state index in [2.05, 4.69) is 0 Å². The van der Waals surface area contributed by atoms with Crippen molar-refractivity contribution < 1.29 is 4.79 Å². The normalized spacial score (nSPS) is 11.3. The number of ketones is 1. The number of hydrogen-bond acceptors (Lipinski definition) is 2. The molecule has 2 rings (SSSR count). The van der Waals surface area contributed by atoms with Crippen LogP contribution in [0.25, 0.3) is 5.70 Å². The van der Waals surface area contributed by atoms with Gasteiger partial charge in [-0.1, -0.05) is 60.2 Å². The molecule has 0 saturated heterocycles. The van der Waals surface area contributed by atoms with Crippen LogP contribution in [0.3, 0.4) is 0 Å². The summed E-state index contributed by atoms with van der Waals surface area (Å²) < 4.78 is 0. The fourth-order valence-corrected chi connectivity index (χ4v) is 1.66. The van der Waals surface area contributed by atoms with E-state index in [1.54, 1.807) is 12.1 Å². The summed E-state index contributed by atoms with van der Waals surface area (Å²) in [5.41, 5.74) is 9.09. The van der Waals surface area contributed by atoms with Crippen LogP contribution >= 0.6 is 0 Å². The van der Waals surface area contributed by atoms with Crippen LogP contribution in [0, 0.1) is 6.92 Å². The summed E-state index contributed by atoms with van der Waals surface area (Å²) in [5, 5.41) is 0. The predicted molar refractivity (Wildman–Crippen MR) is 74.1 cm³/mol. The molecule has 0 unspecified atom stereocenters. The Hall–Kier alpha value is -2.35. The quantitative estimate of drug-likeness (QED) is 0.658. The van der Waals surface area contributed by atoms with E-state index in [0.29, 0.717) is 11.3 Å². The highest BCUT2D eigenvalue weighted by Crippen LogP contribution is 2.11. The number of rotatable bonds is 3. The van der Waals surface area contributed by atoms with E-state index in [0.717, 1.165) is 5.56 Å². The number of hydrogen-bond donors (Lipinski definition) is 1. The topological polar surface area (TPSA) is 43.1 Å². The van der Waals surface area contributed by atoms with Gasteiger partial charge in [-0.25, -0.2) is 0 Å². The molecule has 2 N–H and O–H groups in total. The molecule has 0 aliphatic carbocycles. The highest BCUT2D eigenvalue weighted by atomic mass is 16.1. The summed E-state index contributed by atoms with van der Waals surface area (Å²) in [6, 6.07) is 16.9. The van der Waals surface area contributed by atoms with Crippen LogP contribution in [0.2, 0.25) is 0 Å². The molecule has 0 radical (unpaired) electrons. The fraction of sp³-hybridized carbons (Fsp3) is 0.0625. The average molecular weight is 237 g/mol. The van der Waals surface area contributed by atoms with Crippen molar-refractivity contribution >= 4 is 11.5 Å². The van der Waals surface area contributed by atoms with Crippen LogP contribution in [0.5, 0.6) is 0 Å². The van der Waals surface area contributed by atoms with Gasteiger partial charge >= 0.3 is 0 Å². The van der Waals surface area contributed by atoms with Gasteiger partial charge in [-0.3, -0.25) is 4.79 Å². The molecule has 2 nitrogen and oxygen atoms in total. The van der Waals surface area contributed by atoms with Crippen LogP contribution in [-0.4, -0.2) is 5.78 Å². The summed E-state index contributed by atoms with van der Waals surface area (Å²) in [6.07, 6.45) is 1.47. The van der Waals surface area contributed by atoms with E-state index in [1.807, 2.05) is 49.4 Å². The zero-order chi connectivity index (χ0) is 13.0. The molecule has 0 fully saturated rings. The van der Waals surface area contributed by atoms with Crippen molar-refractivity contribution in [1.29, 1.82) is 0 Å². The van der Waals surface area contributed by atoms with Crippen LogP contribution < -0.4 is 5.73 Å². The molecule has 18 heavy (non-hydrogen) atoms. The number of benzene rings is 2. The van der Waals surface area contributed by atoms with Gasteiger partial charge in [0.1, 0.15) is 0 Å². The van der Waals surface area contributed by atoms with Crippen molar-refractivity contribution in [2.24, 2.45) is 5.73 Å². The summed E-state index contributed by atoms with van der Waals surface area (Å²) in [4.78, 5) is 11.9. The highest BCUT2D eigenvalue weighted by molar-refractivity contribution is 6.08. The molecule has 0 aromatic heterocycles. The van der Waals surface area contributed by atoms with Crippen LogP contribution in [0.4, 0.5) is 0 Å². The lowest BCUT2D eigenvalue weighted by Gasteiger charge is -2.02. The molecular weight excluding hydrogens is 222 g/mol. The molecular formula is C16H15NO. The SMILES string of the molecule is Cc1ccc(/C(N)=C\C(=O)c2ccccc2)cc1. The van der Waals surface area contributed by atoms with Gasteiger partial charge in [-0.15, -0.1) is 0 Å². The maximum Gasteiger partial charge on any atom is 0.187 e. The van der Waals surface area contributed by atoms with E-state index in [1.165, 1.54) is 11.6 Å². The summed E-state index contributed by atoms with van der Waals surface area (Å²) in [7, 11) is 0. The Balaban J connectivity index is 2.23. The number of carbonyl (C=O) groups excluding carboxylic acids is 1. The smallest absolute Gasteiger partial charge is 0.187 e. The minimum absolute atomic E-state index is 0.0753. The number of nitrogens with two attached hydrogens (primary N) is 1. The molecule has 2 heteroatoms. The molecule has 0 aliphatic rings. The Morgan fingerprint density at radius 3 is 2.17 bits per heavy atom. The third-order valence-electron chi connectivity index (χ3n) is 2.73. The first kappa shape index (κ1) is 12.1. The van der Waals surface area contributed by atoms with E-state index in [9.17, 15) is 4.79 Å². The summed E-state index contributed by atoms with van der Waals surface area (Å²) >= 11 is 0. The van der Waals surface area contributed by atoms with E-state index in [-0.39, 0.29) is 5.78 Å². The van der Waals surface area contributed by atoms with Gasteiger partial charge in [0.15, 0.2) is 5.78 Å². The van der Waals surface area contributed by atoms with E-state index >= 15 is 0 Å². The number of aryl methyl sites for hydroxylation is 1. The molecule has 0 saturated carbocycles. The molecule has 0 amide bonds. The first-order valence-corrected chi connectivity index (χ1v) is 5.80. The zero-order valence-electron chi connectivity index (χ0n) is 10.3. The Morgan fingerprint density at radius 1 is 0.944 bits per heavy atom.